The fraction of sp³-hybridized carbons (Fsp3) is 0.300. The Morgan fingerprint density at radius 2 is 2.29 bits per heavy atom. The van der Waals surface area contributed by atoms with Gasteiger partial charge in [0.25, 0.3) is 5.91 Å². The number of nitrogens with zero attached hydrogens (tertiary/aromatic N) is 1. The summed E-state index contributed by atoms with van der Waals surface area (Å²) in [5.74, 6) is -1.65. The van der Waals surface area contributed by atoms with Crippen molar-refractivity contribution >= 4 is 23.5 Å². The van der Waals surface area contributed by atoms with E-state index in [2.05, 4.69) is 15.0 Å². The van der Waals surface area contributed by atoms with Crippen LogP contribution in [0.15, 0.2) is 18.2 Å². The minimum absolute atomic E-state index is 0.123. The van der Waals surface area contributed by atoms with Crippen LogP contribution < -0.4 is 5.32 Å². The number of carbonyl (C=O) groups excluding carboxylic acids is 1. The fourth-order valence-corrected chi connectivity index (χ4v) is 1.25. The van der Waals surface area contributed by atoms with E-state index in [0.29, 0.717) is 0 Å². The highest BCUT2D eigenvalue weighted by Crippen LogP contribution is 2.04. The SMILES string of the molecule is COC(CNC(=O)c1cccc(Cl)n1)C(=O)O. The topological polar surface area (TPSA) is 88.5 Å². The number of halogens is 1. The number of amides is 1. The van der Waals surface area contributed by atoms with Gasteiger partial charge in [0.2, 0.25) is 0 Å². The molecule has 0 aliphatic heterocycles. The third kappa shape index (κ3) is 4.01. The van der Waals surface area contributed by atoms with E-state index < -0.39 is 18.0 Å². The van der Waals surface area contributed by atoms with E-state index in [1.807, 2.05) is 0 Å². The lowest BCUT2D eigenvalue weighted by Gasteiger charge is -2.11. The summed E-state index contributed by atoms with van der Waals surface area (Å²) in [6.07, 6.45) is -1.09. The first-order chi connectivity index (χ1) is 8.04. The van der Waals surface area contributed by atoms with Gasteiger partial charge in [-0.1, -0.05) is 17.7 Å². The summed E-state index contributed by atoms with van der Waals surface area (Å²) in [5, 5.41) is 11.3. The minimum Gasteiger partial charge on any atom is -0.479 e. The monoisotopic (exact) mass is 258 g/mol. The summed E-state index contributed by atoms with van der Waals surface area (Å²) in [5.41, 5.74) is 0.123. The molecule has 0 radical (unpaired) electrons. The zero-order chi connectivity index (χ0) is 12.8. The molecule has 0 saturated heterocycles. The van der Waals surface area contributed by atoms with Crippen molar-refractivity contribution in [2.45, 2.75) is 6.10 Å². The number of rotatable bonds is 5. The molecule has 17 heavy (non-hydrogen) atoms. The van der Waals surface area contributed by atoms with Crippen molar-refractivity contribution < 1.29 is 19.4 Å². The Kier molecular flexibility index (Phi) is 4.86. The molecule has 0 bridgehead atoms. The second-order valence-electron chi connectivity index (χ2n) is 3.12. The number of nitrogens with one attached hydrogen (secondary N) is 1. The number of carbonyl (C=O) groups is 2. The number of ether oxygens (including phenoxy) is 1. The van der Waals surface area contributed by atoms with E-state index >= 15 is 0 Å². The van der Waals surface area contributed by atoms with Gasteiger partial charge in [0, 0.05) is 7.11 Å². The van der Waals surface area contributed by atoms with Crippen LogP contribution in [0, 0.1) is 0 Å². The van der Waals surface area contributed by atoms with Crippen LogP contribution in [0.3, 0.4) is 0 Å². The van der Waals surface area contributed by atoms with Crippen LogP contribution >= 0.6 is 11.6 Å². The Balaban J connectivity index is 2.58. The lowest BCUT2D eigenvalue weighted by molar-refractivity contribution is -0.148. The molecule has 0 fully saturated rings. The van der Waals surface area contributed by atoms with Crippen molar-refractivity contribution in [3.05, 3.63) is 29.0 Å². The number of hydrogen-bond donors (Lipinski definition) is 2. The standard InChI is InChI=1S/C10H11ClN2O4/c1-17-7(10(15)16)5-12-9(14)6-3-2-4-8(11)13-6/h2-4,7H,5H2,1H3,(H,12,14)(H,15,16). The van der Waals surface area contributed by atoms with Crippen LogP contribution in [0.2, 0.25) is 5.15 Å². The van der Waals surface area contributed by atoms with Gasteiger partial charge in [0.15, 0.2) is 6.10 Å². The Morgan fingerprint density at radius 1 is 1.59 bits per heavy atom. The maximum Gasteiger partial charge on any atom is 0.334 e. The summed E-state index contributed by atoms with van der Waals surface area (Å²) in [4.78, 5) is 26.0. The molecule has 0 saturated carbocycles. The number of carboxylic acids is 1. The molecule has 1 rings (SSSR count). The Hall–Kier alpha value is -1.66. The van der Waals surface area contributed by atoms with E-state index in [0.717, 1.165) is 0 Å². The number of aromatic nitrogens is 1. The largest absolute Gasteiger partial charge is 0.479 e. The van der Waals surface area contributed by atoms with Crippen molar-refractivity contribution in [3.8, 4) is 0 Å². The number of carboxylic acid groups (broad SMARTS) is 1. The molecule has 0 aliphatic carbocycles. The van der Waals surface area contributed by atoms with Gasteiger partial charge in [-0.05, 0) is 12.1 Å². The number of aliphatic carboxylic acids is 1. The Morgan fingerprint density at radius 3 is 2.82 bits per heavy atom. The van der Waals surface area contributed by atoms with E-state index in [4.69, 9.17) is 16.7 Å². The molecule has 92 valence electrons. The van der Waals surface area contributed by atoms with Crippen LogP contribution in [-0.2, 0) is 9.53 Å². The zero-order valence-corrected chi connectivity index (χ0v) is 9.77. The van der Waals surface area contributed by atoms with Crippen LogP contribution in [0.25, 0.3) is 0 Å². The summed E-state index contributed by atoms with van der Waals surface area (Å²) in [6, 6.07) is 4.59. The van der Waals surface area contributed by atoms with Gasteiger partial charge in [-0.15, -0.1) is 0 Å². The highest BCUT2D eigenvalue weighted by atomic mass is 35.5. The van der Waals surface area contributed by atoms with Gasteiger partial charge in [-0.25, -0.2) is 9.78 Å². The number of hydrogen-bond acceptors (Lipinski definition) is 4. The second kappa shape index (κ2) is 6.17. The van der Waals surface area contributed by atoms with Crippen molar-refractivity contribution in [2.75, 3.05) is 13.7 Å². The van der Waals surface area contributed by atoms with Gasteiger partial charge in [-0.3, -0.25) is 4.79 Å². The Bertz CT molecular complexity index is 425. The van der Waals surface area contributed by atoms with Crippen LogP contribution in [0.1, 0.15) is 10.5 Å². The molecule has 2 N–H and O–H groups in total. The smallest absolute Gasteiger partial charge is 0.334 e. The average molecular weight is 259 g/mol. The van der Waals surface area contributed by atoms with Gasteiger partial charge in [0.05, 0.1) is 6.54 Å². The summed E-state index contributed by atoms with van der Waals surface area (Å²) in [6.45, 7) is -0.140. The molecule has 1 amide bonds. The molecule has 0 spiro atoms. The predicted octanol–water partition coefficient (Wildman–Crippen LogP) is 0.564. The Labute approximate surface area is 103 Å². The molecule has 7 heteroatoms. The molecular formula is C10H11ClN2O4. The predicted molar refractivity (Wildman–Crippen MR) is 60.0 cm³/mol. The first kappa shape index (κ1) is 13.4. The van der Waals surface area contributed by atoms with Crippen molar-refractivity contribution in [2.24, 2.45) is 0 Å². The van der Waals surface area contributed by atoms with Crippen LogP contribution in [0.4, 0.5) is 0 Å². The van der Waals surface area contributed by atoms with Crippen molar-refractivity contribution in [1.29, 1.82) is 0 Å². The van der Waals surface area contributed by atoms with E-state index in [-0.39, 0.29) is 17.4 Å². The fourth-order valence-electron chi connectivity index (χ4n) is 1.08. The van der Waals surface area contributed by atoms with E-state index in [9.17, 15) is 9.59 Å². The lowest BCUT2D eigenvalue weighted by Crippen LogP contribution is -2.38. The van der Waals surface area contributed by atoms with Crippen LogP contribution in [-0.4, -0.2) is 41.7 Å². The highest BCUT2D eigenvalue weighted by molar-refractivity contribution is 6.29. The van der Waals surface area contributed by atoms with Gasteiger partial charge in [0.1, 0.15) is 10.8 Å². The second-order valence-corrected chi connectivity index (χ2v) is 3.51. The van der Waals surface area contributed by atoms with Gasteiger partial charge >= 0.3 is 5.97 Å². The molecule has 1 heterocycles. The highest BCUT2D eigenvalue weighted by Gasteiger charge is 2.18. The first-order valence-corrected chi connectivity index (χ1v) is 5.08. The third-order valence-corrected chi connectivity index (χ3v) is 2.17. The summed E-state index contributed by atoms with van der Waals surface area (Å²) in [7, 11) is 1.25. The first-order valence-electron chi connectivity index (χ1n) is 4.71. The van der Waals surface area contributed by atoms with Gasteiger partial charge < -0.3 is 15.2 Å². The minimum atomic E-state index is -1.15. The summed E-state index contributed by atoms with van der Waals surface area (Å²) < 4.78 is 4.66. The van der Waals surface area contributed by atoms with Crippen LogP contribution in [0.5, 0.6) is 0 Å². The summed E-state index contributed by atoms with van der Waals surface area (Å²) >= 11 is 5.62. The van der Waals surface area contributed by atoms with Crippen molar-refractivity contribution in [3.63, 3.8) is 0 Å². The number of methoxy groups -OCH3 is 1. The molecule has 0 aromatic carbocycles. The zero-order valence-electron chi connectivity index (χ0n) is 9.01. The molecule has 1 aromatic rings. The molecular weight excluding hydrogens is 248 g/mol. The van der Waals surface area contributed by atoms with Crippen molar-refractivity contribution in [1.82, 2.24) is 10.3 Å². The molecule has 1 atom stereocenters. The normalized spacial score (nSPS) is 11.9. The molecule has 1 unspecified atom stereocenters. The van der Waals surface area contributed by atoms with Gasteiger partial charge in [-0.2, -0.15) is 0 Å². The third-order valence-electron chi connectivity index (χ3n) is 1.96. The average Bonchev–Trinajstić information content (AvgIpc) is 2.29. The quantitative estimate of drug-likeness (QED) is 0.754. The maximum atomic E-state index is 11.6. The maximum absolute atomic E-state index is 11.6. The number of pyridine rings is 1. The molecule has 1 aromatic heterocycles. The lowest BCUT2D eigenvalue weighted by atomic mass is 10.3. The molecule has 0 aliphatic rings. The molecule has 6 nitrogen and oxygen atoms in total. The van der Waals surface area contributed by atoms with E-state index in [1.54, 1.807) is 6.07 Å². The van der Waals surface area contributed by atoms with E-state index in [1.165, 1.54) is 19.2 Å².